The number of hydrogen-bond acceptors (Lipinski definition) is 2. The SMILES string of the molecule is O=C(c1ccc2ccccc2c1)c1ccnc(Cl)c1F. The summed E-state index contributed by atoms with van der Waals surface area (Å²) in [6.07, 6.45) is 1.32. The molecular formula is C16H9ClFNO. The number of pyridine rings is 1. The fourth-order valence-electron chi connectivity index (χ4n) is 2.08. The molecule has 0 aliphatic rings. The van der Waals surface area contributed by atoms with Crippen LogP contribution in [-0.4, -0.2) is 10.8 Å². The van der Waals surface area contributed by atoms with Gasteiger partial charge in [0.15, 0.2) is 16.8 Å². The van der Waals surface area contributed by atoms with Crippen molar-refractivity contribution in [3.63, 3.8) is 0 Å². The Labute approximate surface area is 119 Å². The van der Waals surface area contributed by atoms with Crippen LogP contribution in [-0.2, 0) is 0 Å². The Morgan fingerprint density at radius 2 is 1.80 bits per heavy atom. The van der Waals surface area contributed by atoms with Crippen LogP contribution in [0.4, 0.5) is 4.39 Å². The van der Waals surface area contributed by atoms with Gasteiger partial charge in [0.25, 0.3) is 0 Å². The average molecular weight is 286 g/mol. The summed E-state index contributed by atoms with van der Waals surface area (Å²) in [5, 5.41) is 1.66. The first kappa shape index (κ1) is 12.8. The van der Waals surface area contributed by atoms with Crippen LogP contribution in [0.5, 0.6) is 0 Å². The molecule has 0 saturated carbocycles. The highest BCUT2D eigenvalue weighted by Crippen LogP contribution is 2.21. The van der Waals surface area contributed by atoms with Crippen molar-refractivity contribution in [2.45, 2.75) is 0 Å². The summed E-state index contributed by atoms with van der Waals surface area (Å²) in [6.45, 7) is 0. The van der Waals surface area contributed by atoms with Crippen LogP contribution in [0.15, 0.2) is 54.7 Å². The predicted molar refractivity (Wildman–Crippen MR) is 76.6 cm³/mol. The highest BCUT2D eigenvalue weighted by Gasteiger charge is 2.16. The Kier molecular flexibility index (Phi) is 3.20. The third kappa shape index (κ3) is 2.17. The van der Waals surface area contributed by atoms with E-state index in [0.717, 1.165) is 10.8 Å². The van der Waals surface area contributed by atoms with Gasteiger partial charge in [-0.1, -0.05) is 48.0 Å². The molecule has 0 N–H and O–H groups in total. The van der Waals surface area contributed by atoms with Gasteiger partial charge in [0.05, 0.1) is 5.56 Å². The molecule has 0 atom stereocenters. The third-order valence-corrected chi connectivity index (χ3v) is 3.37. The molecule has 0 amide bonds. The Morgan fingerprint density at radius 1 is 1.05 bits per heavy atom. The Balaban J connectivity index is 2.10. The normalized spacial score (nSPS) is 10.7. The Hall–Kier alpha value is -2.26. The molecule has 1 heterocycles. The molecule has 0 unspecified atom stereocenters. The van der Waals surface area contributed by atoms with Gasteiger partial charge in [-0.15, -0.1) is 0 Å². The van der Waals surface area contributed by atoms with Crippen molar-refractivity contribution in [1.29, 1.82) is 0 Å². The number of nitrogens with zero attached hydrogens (tertiary/aromatic N) is 1. The van der Waals surface area contributed by atoms with E-state index in [1.165, 1.54) is 12.3 Å². The zero-order valence-corrected chi connectivity index (χ0v) is 11.1. The largest absolute Gasteiger partial charge is 0.288 e. The van der Waals surface area contributed by atoms with E-state index in [4.69, 9.17) is 11.6 Å². The summed E-state index contributed by atoms with van der Waals surface area (Å²) in [6, 6.07) is 14.3. The highest BCUT2D eigenvalue weighted by atomic mass is 35.5. The molecule has 98 valence electrons. The quantitative estimate of drug-likeness (QED) is 0.520. The first-order chi connectivity index (χ1) is 9.66. The van der Waals surface area contributed by atoms with E-state index < -0.39 is 11.6 Å². The van der Waals surface area contributed by atoms with E-state index in [-0.39, 0.29) is 10.7 Å². The van der Waals surface area contributed by atoms with Crippen molar-refractivity contribution < 1.29 is 9.18 Å². The average Bonchev–Trinajstić information content (AvgIpc) is 2.49. The minimum absolute atomic E-state index is 0.0692. The lowest BCUT2D eigenvalue weighted by Crippen LogP contribution is -2.05. The fourth-order valence-corrected chi connectivity index (χ4v) is 2.24. The first-order valence-electron chi connectivity index (χ1n) is 6.00. The first-order valence-corrected chi connectivity index (χ1v) is 6.38. The Morgan fingerprint density at radius 3 is 2.60 bits per heavy atom. The molecule has 2 aromatic carbocycles. The van der Waals surface area contributed by atoms with Gasteiger partial charge in [0.2, 0.25) is 0 Å². The number of fused-ring (bicyclic) bond motifs is 1. The molecule has 3 rings (SSSR count). The van der Waals surface area contributed by atoms with Gasteiger partial charge >= 0.3 is 0 Å². The van der Waals surface area contributed by atoms with E-state index in [0.29, 0.717) is 5.56 Å². The fraction of sp³-hybridized carbons (Fsp3) is 0. The van der Waals surface area contributed by atoms with Gasteiger partial charge in [-0.2, -0.15) is 0 Å². The second kappa shape index (κ2) is 5.02. The standard InChI is InChI=1S/C16H9ClFNO/c17-16-14(18)13(7-8-19-16)15(20)12-6-5-10-3-1-2-4-11(10)9-12/h1-9H. The molecule has 2 nitrogen and oxygen atoms in total. The number of benzene rings is 2. The van der Waals surface area contributed by atoms with E-state index >= 15 is 0 Å². The van der Waals surface area contributed by atoms with Gasteiger partial charge in [0, 0.05) is 11.8 Å². The minimum atomic E-state index is -0.785. The molecule has 1 aromatic heterocycles. The molecular weight excluding hydrogens is 277 g/mol. The van der Waals surface area contributed by atoms with E-state index in [9.17, 15) is 9.18 Å². The molecule has 0 spiro atoms. The summed E-state index contributed by atoms with van der Waals surface area (Å²) in [5.41, 5.74) is 0.352. The number of rotatable bonds is 2. The maximum absolute atomic E-state index is 13.8. The minimum Gasteiger partial charge on any atom is -0.288 e. The predicted octanol–water partition coefficient (Wildman–Crippen LogP) is 4.26. The summed E-state index contributed by atoms with van der Waals surface area (Å²) < 4.78 is 13.8. The number of ketones is 1. The van der Waals surface area contributed by atoms with Gasteiger partial charge in [0.1, 0.15) is 0 Å². The number of carbonyl (C=O) groups excluding carboxylic acids is 1. The van der Waals surface area contributed by atoms with Gasteiger partial charge in [-0.05, 0) is 22.9 Å². The molecule has 0 radical (unpaired) electrons. The van der Waals surface area contributed by atoms with E-state index in [1.54, 1.807) is 12.1 Å². The molecule has 0 bridgehead atoms. The second-order valence-corrected chi connectivity index (χ2v) is 4.71. The van der Waals surface area contributed by atoms with Gasteiger partial charge in [-0.3, -0.25) is 4.79 Å². The van der Waals surface area contributed by atoms with Crippen LogP contribution >= 0.6 is 11.6 Å². The lowest BCUT2D eigenvalue weighted by atomic mass is 10.0. The lowest BCUT2D eigenvalue weighted by molar-refractivity contribution is 0.103. The van der Waals surface area contributed by atoms with E-state index in [2.05, 4.69) is 4.98 Å². The number of halogens is 2. The maximum atomic E-state index is 13.8. The molecule has 4 heteroatoms. The molecule has 0 saturated heterocycles. The van der Waals surface area contributed by atoms with Crippen molar-refractivity contribution in [1.82, 2.24) is 4.98 Å². The van der Waals surface area contributed by atoms with Crippen molar-refractivity contribution in [2.24, 2.45) is 0 Å². The summed E-state index contributed by atoms with van der Waals surface area (Å²) in [5.74, 6) is -1.19. The molecule has 3 aromatic rings. The summed E-state index contributed by atoms with van der Waals surface area (Å²) in [4.78, 5) is 15.9. The zero-order valence-electron chi connectivity index (χ0n) is 10.3. The van der Waals surface area contributed by atoms with E-state index in [1.807, 2.05) is 30.3 Å². The van der Waals surface area contributed by atoms with Gasteiger partial charge in [-0.25, -0.2) is 9.37 Å². The number of hydrogen-bond donors (Lipinski definition) is 0. The van der Waals surface area contributed by atoms with Crippen molar-refractivity contribution in [3.05, 3.63) is 76.8 Å². The van der Waals surface area contributed by atoms with Crippen LogP contribution in [0.25, 0.3) is 10.8 Å². The van der Waals surface area contributed by atoms with Crippen molar-refractivity contribution >= 4 is 28.2 Å². The topological polar surface area (TPSA) is 30.0 Å². The van der Waals surface area contributed by atoms with Crippen LogP contribution in [0, 0.1) is 5.82 Å². The lowest BCUT2D eigenvalue weighted by Gasteiger charge is -2.05. The van der Waals surface area contributed by atoms with Crippen LogP contribution in [0.2, 0.25) is 5.15 Å². The number of aromatic nitrogens is 1. The molecule has 0 fully saturated rings. The monoisotopic (exact) mass is 285 g/mol. The molecule has 20 heavy (non-hydrogen) atoms. The molecule has 0 aliphatic carbocycles. The third-order valence-electron chi connectivity index (χ3n) is 3.10. The zero-order chi connectivity index (χ0) is 14.1. The highest BCUT2D eigenvalue weighted by molar-refractivity contribution is 6.30. The van der Waals surface area contributed by atoms with Crippen molar-refractivity contribution in [2.75, 3.05) is 0 Å². The maximum Gasteiger partial charge on any atom is 0.196 e. The smallest absolute Gasteiger partial charge is 0.196 e. The summed E-state index contributed by atoms with van der Waals surface area (Å²) >= 11 is 5.60. The van der Waals surface area contributed by atoms with Gasteiger partial charge < -0.3 is 0 Å². The van der Waals surface area contributed by atoms with Crippen LogP contribution < -0.4 is 0 Å². The van der Waals surface area contributed by atoms with Crippen LogP contribution in [0.3, 0.4) is 0 Å². The summed E-state index contributed by atoms with van der Waals surface area (Å²) in [7, 11) is 0. The Bertz CT molecular complexity index is 816. The molecule has 0 aliphatic heterocycles. The number of carbonyl (C=O) groups is 1. The second-order valence-electron chi connectivity index (χ2n) is 4.35. The van der Waals surface area contributed by atoms with Crippen molar-refractivity contribution in [3.8, 4) is 0 Å². The van der Waals surface area contributed by atoms with Crippen LogP contribution in [0.1, 0.15) is 15.9 Å².